The second-order valence-corrected chi connectivity index (χ2v) is 9.28. The van der Waals surface area contributed by atoms with E-state index in [1.807, 2.05) is 73.7 Å². The first-order valence-corrected chi connectivity index (χ1v) is 14.0. The van der Waals surface area contributed by atoms with Crippen molar-refractivity contribution < 1.29 is 23.7 Å². The monoisotopic (exact) mass is 546 g/mol. The molecule has 1 aliphatic carbocycles. The molecule has 3 aromatic rings. The molecule has 0 aromatic heterocycles. The number of carbonyl (C=O) groups is 1. The van der Waals surface area contributed by atoms with Crippen LogP contribution in [0.2, 0.25) is 0 Å². The predicted octanol–water partition coefficient (Wildman–Crippen LogP) is 5.39. The molecule has 0 bridgehead atoms. The number of hydrogen-bond acceptors (Lipinski definition) is 7. The zero-order chi connectivity index (χ0) is 28.3. The van der Waals surface area contributed by atoms with Gasteiger partial charge in [0.15, 0.2) is 0 Å². The summed E-state index contributed by atoms with van der Waals surface area (Å²) < 4.78 is 21.7. The summed E-state index contributed by atoms with van der Waals surface area (Å²) in [6, 6.07) is 29.4. The molecule has 0 amide bonds. The van der Waals surface area contributed by atoms with Crippen molar-refractivity contribution in [1.29, 1.82) is 0 Å². The van der Waals surface area contributed by atoms with Gasteiger partial charge in [-0.1, -0.05) is 66.7 Å². The van der Waals surface area contributed by atoms with Crippen LogP contribution in [0.5, 0.6) is 5.75 Å². The van der Waals surface area contributed by atoms with E-state index in [0.29, 0.717) is 57.6 Å². The maximum atomic E-state index is 12.6. The van der Waals surface area contributed by atoms with E-state index < -0.39 is 0 Å². The van der Waals surface area contributed by atoms with Crippen molar-refractivity contribution in [3.8, 4) is 5.75 Å². The van der Waals surface area contributed by atoms with Crippen LogP contribution in [0.3, 0.4) is 0 Å². The van der Waals surface area contributed by atoms with Crippen molar-refractivity contribution in [2.45, 2.75) is 25.7 Å². The summed E-state index contributed by atoms with van der Waals surface area (Å²) in [6.07, 6.45) is 3.63. The molecule has 1 saturated carbocycles. The molecule has 0 aliphatic heterocycles. The Hall–Kier alpha value is -3.65. The van der Waals surface area contributed by atoms with Gasteiger partial charge in [0.25, 0.3) is 0 Å². The minimum Gasteiger partial charge on any atom is -0.426 e. The minimum atomic E-state index is -0.169. The molecule has 1 fully saturated rings. The van der Waals surface area contributed by atoms with Gasteiger partial charge in [0.2, 0.25) is 0 Å². The highest BCUT2D eigenvalue weighted by molar-refractivity contribution is 5.77. The molecule has 3 aromatic carbocycles. The highest BCUT2D eigenvalue weighted by Crippen LogP contribution is 2.43. The molecule has 214 valence electrons. The van der Waals surface area contributed by atoms with E-state index in [1.165, 1.54) is 5.56 Å². The van der Waals surface area contributed by atoms with Crippen molar-refractivity contribution in [3.63, 3.8) is 0 Å². The third kappa shape index (κ3) is 11.2. The molecule has 7 heteroatoms. The first-order valence-electron chi connectivity index (χ1n) is 14.0. The maximum absolute atomic E-state index is 12.6. The fraction of sp³-hybridized carbons (Fsp3) is 0.364. The van der Waals surface area contributed by atoms with E-state index in [4.69, 9.17) is 24.7 Å². The van der Waals surface area contributed by atoms with Gasteiger partial charge in [-0.05, 0) is 61.1 Å². The van der Waals surface area contributed by atoms with Gasteiger partial charge in [-0.15, -0.1) is 0 Å². The fourth-order valence-electron chi connectivity index (χ4n) is 4.15. The Kier molecular flexibility index (Phi) is 14.4. The molecule has 1 aliphatic rings. The first kappa shape index (κ1) is 30.9. The van der Waals surface area contributed by atoms with E-state index in [0.717, 1.165) is 18.4 Å². The largest absolute Gasteiger partial charge is 0.426 e. The molecule has 0 spiro atoms. The summed E-state index contributed by atoms with van der Waals surface area (Å²) in [7, 11) is 0. The van der Waals surface area contributed by atoms with Crippen molar-refractivity contribution >= 4 is 11.7 Å². The number of nitrogens with two attached hydrogens (primary N) is 1. The molecule has 7 nitrogen and oxygen atoms in total. The molecule has 4 rings (SSSR count). The summed E-state index contributed by atoms with van der Waals surface area (Å²) in [5.41, 5.74) is 8.79. The average molecular weight is 547 g/mol. The van der Waals surface area contributed by atoms with Crippen LogP contribution in [0.1, 0.15) is 36.8 Å². The van der Waals surface area contributed by atoms with Gasteiger partial charge in [-0.2, -0.15) is 0 Å². The molecule has 0 saturated heterocycles. The van der Waals surface area contributed by atoms with Gasteiger partial charge in [0.05, 0.1) is 44.6 Å². The first-order chi connectivity index (χ1) is 19.7. The van der Waals surface area contributed by atoms with Gasteiger partial charge in [-0.25, -0.2) is 0 Å². The van der Waals surface area contributed by atoms with Crippen molar-refractivity contribution in [3.05, 3.63) is 108 Å². The lowest BCUT2D eigenvalue weighted by atomic mass is 9.70. The number of benzene rings is 3. The number of carbonyl (C=O) groups excluding carboxylic acids is 1. The predicted molar refractivity (Wildman–Crippen MR) is 159 cm³/mol. The molecule has 40 heavy (non-hydrogen) atoms. The Balaban J connectivity index is 0.000000649. The average Bonchev–Trinajstić information content (AvgIpc) is 2.97. The van der Waals surface area contributed by atoms with E-state index in [-0.39, 0.29) is 17.8 Å². The number of rotatable bonds is 15. The molecule has 2 atom stereocenters. The van der Waals surface area contributed by atoms with Crippen LogP contribution in [0.4, 0.5) is 0 Å². The standard InChI is InChI=1S/C27H36N2O5.C6H6/c1-2-31-16-17-33-19-18-32-15-14-29-20-26(28)22-8-10-23(11-9-22)34-27(30)25-13-12-24(25)21-6-4-3-5-7-21;1-2-4-6-5-3-1/h3-11,20,24-25,29H,2,12-19,28H2,1H3;1-6H/b26-20-;. The van der Waals surface area contributed by atoms with E-state index in [2.05, 4.69) is 17.4 Å². The van der Waals surface area contributed by atoms with Crippen LogP contribution in [-0.4, -0.2) is 52.2 Å². The molecule has 2 unspecified atom stereocenters. The highest BCUT2D eigenvalue weighted by atomic mass is 16.5. The van der Waals surface area contributed by atoms with Crippen LogP contribution in [0, 0.1) is 5.92 Å². The minimum absolute atomic E-state index is 0.0832. The Morgan fingerprint density at radius 1 is 0.800 bits per heavy atom. The number of ether oxygens (including phenoxy) is 4. The molecular formula is C33H42N2O5. The van der Waals surface area contributed by atoms with Crippen LogP contribution < -0.4 is 15.8 Å². The number of hydrogen-bond donors (Lipinski definition) is 2. The van der Waals surface area contributed by atoms with Gasteiger partial charge in [0.1, 0.15) is 5.75 Å². The fourth-order valence-corrected chi connectivity index (χ4v) is 4.15. The third-order valence-electron chi connectivity index (χ3n) is 6.47. The van der Waals surface area contributed by atoms with Gasteiger partial charge in [-0.3, -0.25) is 4.79 Å². The SMILES string of the molecule is CCOCCOCCOCCN/C=C(\N)c1ccc(OC(=O)C2CCC2c2ccccc2)cc1.c1ccccc1. The number of esters is 1. The topological polar surface area (TPSA) is 92.0 Å². The normalized spacial score (nSPS) is 16.3. The Morgan fingerprint density at radius 3 is 1.95 bits per heavy atom. The highest BCUT2D eigenvalue weighted by Gasteiger charge is 2.38. The molecular weight excluding hydrogens is 504 g/mol. The van der Waals surface area contributed by atoms with Gasteiger partial charge in [0, 0.05) is 19.4 Å². The van der Waals surface area contributed by atoms with Crippen molar-refractivity contribution in [2.75, 3.05) is 46.2 Å². The zero-order valence-corrected chi connectivity index (χ0v) is 23.4. The Bertz CT molecular complexity index is 1080. The molecule has 0 radical (unpaired) electrons. The van der Waals surface area contributed by atoms with Gasteiger partial charge >= 0.3 is 5.97 Å². The van der Waals surface area contributed by atoms with Gasteiger partial charge < -0.3 is 30.0 Å². The Morgan fingerprint density at radius 2 is 1.38 bits per heavy atom. The lowest BCUT2D eigenvalue weighted by molar-refractivity contribution is -0.142. The quantitative estimate of drug-likeness (QED) is 0.150. The molecule has 3 N–H and O–H groups in total. The van der Waals surface area contributed by atoms with Crippen LogP contribution in [0.15, 0.2) is 97.2 Å². The Labute approximate surface area is 238 Å². The molecule has 0 heterocycles. The third-order valence-corrected chi connectivity index (χ3v) is 6.47. The van der Waals surface area contributed by atoms with Crippen LogP contribution in [0.25, 0.3) is 5.70 Å². The zero-order valence-electron chi connectivity index (χ0n) is 23.4. The summed E-state index contributed by atoms with van der Waals surface area (Å²) in [6.45, 7) is 6.15. The lowest BCUT2D eigenvalue weighted by Gasteiger charge is -2.34. The summed E-state index contributed by atoms with van der Waals surface area (Å²) in [4.78, 5) is 12.6. The van der Waals surface area contributed by atoms with E-state index in [1.54, 1.807) is 18.3 Å². The maximum Gasteiger partial charge on any atom is 0.314 e. The van der Waals surface area contributed by atoms with E-state index >= 15 is 0 Å². The van der Waals surface area contributed by atoms with Crippen LogP contribution >= 0.6 is 0 Å². The van der Waals surface area contributed by atoms with Crippen molar-refractivity contribution in [2.24, 2.45) is 11.7 Å². The smallest absolute Gasteiger partial charge is 0.314 e. The summed E-state index contributed by atoms with van der Waals surface area (Å²) in [5.74, 6) is 0.525. The van der Waals surface area contributed by atoms with Crippen molar-refractivity contribution in [1.82, 2.24) is 5.32 Å². The van der Waals surface area contributed by atoms with E-state index in [9.17, 15) is 4.79 Å². The lowest BCUT2D eigenvalue weighted by Crippen LogP contribution is -2.34. The summed E-state index contributed by atoms with van der Waals surface area (Å²) in [5, 5.41) is 3.14. The second-order valence-electron chi connectivity index (χ2n) is 9.28. The number of nitrogens with one attached hydrogen (secondary N) is 1. The second kappa shape index (κ2) is 18.6. The van der Waals surface area contributed by atoms with Crippen LogP contribution in [-0.2, 0) is 19.0 Å². The summed E-state index contributed by atoms with van der Waals surface area (Å²) >= 11 is 0.